The van der Waals surface area contributed by atoms with Gasteiger partial charge in [-0.2, -0.15) is 13.2 Å². The monoisotopic (exact) mass is 505 g/mol. The van der Waals surface area contributed by atoms with Crippen LogP contribution in [0.15, 0.2) is 36.3 Å². The molecule has 9 heteroatoms. The smallest absolute Gasteiger partial charge is 0.322 e. The predicted molar refractivity (Wildman–Crippen MR) is 86.8 cm³/mol. The van der Waals surface area contributed by atoms with E-state index in [1.807, 2.05) is 0 Å². The lowest BCUT2D eigenvalue weighted by Gasteiger charge is -2.11. The van der Waals surface area contributed by atoms with Crippen LogP contribution >= 0.6 is 59.1 Å². The third-order valence-corrected chi connectivity index (χ3v) is 5.18. The second-order valence-corrected chi connectivity index (χ2v) is 8.58. The number of nitrogens with one attached hydrogen (secondary N) is 1. The maximum Gasteiger partial charge on any atom is 0.416 e. The third-order valence-electron chi connectivity index (χ3n) is 2.38. The maximum atomic E-state index is 12.7. The molecule has 1 heterocycles. The van der Waals surface area contributed by atoms with E-state index in [-0.39, 0.29) is 10.2 Å². The average molecular weight is 508 g/mol. The highest BCUT2D eigenvalue weighted by molar-refractivity contribution is 9.12. The van der Waals surface area contributed by atoms with E-state index in [0.29, 0.717) is 9.35 Å². The van der Waals surface area contributed by atoms with E-state index in [1.54, 1.807) is 6.07 Å². The molecule has 2 aromatic rings. The second-order valence-electron chi connectivity index (χ2n) is 3.92. The quantitative estimate of drug-likeness (QED) is 0.507. The van der Waals surface area contributed by atoms with Gasteiger partial charge < -0.3 is 5.32 Å². The molecule has 1 aromatic heterocycles. The molecule has 0 aliphatic carbocycles. The molecule has 2 rings (SSSR count). The molecule has 1 aromatic carbocycles. The minimum atomic E-state index is -4.48. The summed E-state index contributed by atoms with van der Waals surface area (Å²) < 4.78 is 39.8. The zero-order valence-corrected chi connectivity index (χ0v) is 15.5. The first-order valence-corrected chi connectivity index (χ1v) is 8.50. The molecule has 1 amide bonds. The highest BCUT2D eigenvalue weighted by atomic mass is 79.9. The summed E-state index contributed by atoms with van der Waals surface area (Å²) in [6, 6.07) is 4.83. The van der Waals surface area contributed by atoms with Crippen molar-refractivity contribution in [3.8, 4) is 0 Å². The Labute approximate surface area is 147 Å². The van der Waals surface area contributed by atoms with E-state index in [1.165, 1.54) is 17.4 Å². The molecule has 0 radical (unpaired) electrons. The van der Waals surface area contributed by atoms with E-state index in [2.05, 4.69) is 53.1 Å². The van der Waals surface area contributed by atoms with Crippen LogP contribution in [0.4, 0.5) is 18.9 Å². The summed E-state index contributed by atoms with van der Waals surface area (Å²) in [7, 11) is 0. The van der Waals surface area contributed by atoms with E-state index in [4.69, 9.17) is 0 Å². The van der Waals surface area contributed by atoms with Crippen molar-refractivity contribution in [2.24, 2.45) is 0 Å². The second kappa shape index (κ2) is 6.39. The van der Waals surface area contributed by atoms with Crippen molar-refractivity contribution < 1.29 is 18.0 Å². The van der Waals surface area contributed by atoms with Crippen LogP contribution in [0.25, 0.3) is 0 Å². The zero-order valence-electron chi connectivity index (χ0n) is 9.89. The summed E-state index contributed by atoms with van der Waals surface area (Å²) >= 11 is 10.8. The number of thiophene rings is 1. The average Bonchev–Trinajstić information content (AvgIpc) is 2.66. The van der Waals surface area contributed by atoms with Gasteiger partial charge in [-0.25, -0.2) is 0 Å². The summed E-state index contributed by atoms with van der Waals surface area (Å²) in [6.45, 7) is 0. The van der Waals surface area contributed by atoms with Gasteiger partial charge in [0.1, 0.15) is 0 Å². The van der Waals surface area contributed by atoms with Gasteiger partial charge in [0.15, 0.2) is 0 Å². The SMILES string of the molecule is O=C(Nc1cc(Br)cc(C(F)(F)F)c1)c1cc(Br)sc1Br. The predicted octanol–water partition coefficient (Wildman–Crippen LogP) is 6.31. The van der Waals surface area contributed by atoms with Crippen LogP contribution in [-0.2, 0) is 6.18 Å². The highest BCUT2D eigenvalue weighted by Crippen LogP contribution is 2.35. The number of benzene rings is 1. The number of hydrogen-bond acceptors (Lipinski definition) is 2. The lowest BCUT2D eigenvalue weighted by molar-refractivity contribution is -0.137. The lowest BCUT2D eigenvalue weighted by Crippen LogP contribution is -2.13. The van der Waals surface area contributed by atoms with Gasteiger partial charge in [-0.05, 0) is 56.1 Å². The van der Waals surface area contributed by atoms with Gasteiger partial charge >= 0.3 is 6.18 Å². The molecule has 0 aliphatic heterocycles. The maximum absolute atomic E-state index is 12.7. The largest absolute Gasteiger partial charge is 0.416 e. The van der Waals surface area contributed by atoms with Gasteiger partial charge in [-0.3, -0.25) is 4.79 Å². The van der Waals surface area contributed by atoms with Crippen LogP contribution in [0.3, 0.4) is 0 Å². The Balaban J connectivity index is 2.29. The van der Waals surface area contributed by atoms with Crippen molar-refractivity contribution in [3.05, 3.63) is 47.4 Å². The minimum absolute atomic E-state index is 0.0657. The van der Waals surface area contributed by atoms with Crippen LogP contribution in [0.1, 0.15) is 15.9 Å². The molecule has 0 fully saturated rings. The van der Waals surface area contributed by atoms with Gasteiger partial charge in [0, 0.05) is 10.2 Å². The van der Waals surface area contributed by atoms with E-state index < -0.39 is 17.6 Å². The fourth-order valence-corrected chi connectivity index (χ4v) is 4.81. The molecule has 21 heavy (non-hydrogen) atoms. The Morgan fingerprint density at radius 1 is 1.10 bits per heavy atom. The van der Waals surface area contributed by atoms with Gasteiger partial charge in [0.05, 0.1) is 18.7 Å². The number of rotatable bonds is 2. The third kappa shape index (κ3) is 4.30. The summed E-state index contributed by atoms with van der Waals surface area (Å²) in [5.74, 6) is -0.491. The van der Waals surface area contributed by atoms with Gasteiger partial charge in [-0.15, -0.1) is 11.3 Å². The van der Waals surface area contributed by atoms with Gasteiger partial charge in [-0.1, -0.05) is 15.9 Å². The molecular formula is C12H5Br3F3NOS. The molecule has 0 atom stereocenters. The minimum Gasteiger partial charge on any atom is -0.322 e. The molecule has 0 spiro atoms. The Hall–Kier alpha value is -0.380. The number of carbonyl (C=O) groups is 1. The lowest BCUT2D eigenvalue weighted by atomic mass is 10.2. The Morgan fingerprint density at radius 3 is 2.29 bits per heavy atom. The number of alkyl halides is 3. The first kappa shape index (κ1) is 17.0. The summed E-state index contributed by atoms with van der Waals surface area (Å²) in [4.78, 5) is 12.1. The standard InChI is InChI=1S/C12H5Br3F3NOS/c13-6-1-5(12(16,17)18)2-7(3-6)19-11(20)8-4-9(14)21-10(8)15/h1-4H,(H,19,20). The van der Waals surface area contributed by atoms with Crippen LogP contribution in [0.5, 0.6) is 0 Å². The van der Waals surface area contributed by atoms with Crippen molar-refractivity contribution in [1.82, 2.24) is 0 Å². The van der Waals surface area contributed by atoms with Crippen LogP contribution < -0.4 is 5.32 Å². The topological polar surface area (TPSA) is 29.1 Å². The molecule has 0 unspecified atom stereocenters. The van der Waals surface area contributed by atoms with Crippen molar-refractivity contribution in [2.75, 3.05) is 5.32 Å². The molecule has 0 saturated heterocycles. The summed E-state index contributed by atoms with van der Waals surface area (Å²) in [6.07, 6.45) is -4.48. The normalized spacial score (nSPS) is 11.5. The summed E-state index contributed by atoms with van der Waals surface area (Å²) in [5, 5.41) is 2.45. The molecular weight excluding hydrogens is 503 g/mol. The molecule has 0 saturated carbocycles. The molecule has 0 aliphatic rings. The molecule has 1 N–H and O–H groups in total. The van der Waals surface area contributed by atoms with Crippen molar-refractivity contribution in [2.45, 2.75) is 6.18 Å². The van der Waals surface area contributed by atoms with Crippen LogP contribution in [-0.4, -0.2) is 5.91 Å². The zero-order chi connectivity index (χ0) is 15.8. The molecule has 0 bridgehead atoms. The van der Waals surface area contributed by atoms with Crippen molar-refractivity contribution >= 4 is 70.7 Å². The van der Waals surface area contributed by atoms with E-state index >= 15 is 0 Å². The number of amides is 1. The van der Waals surface area contributed by atoms with Crippen molar-refractivity contribution in [1.29, 1.82) is 0 Å². The summed E-state index contributed by atoms with van der Waals surface area (Å²) in [5.41, 5.74) is -0.422. The number of anilines is 1. The molecule has 112 valence electrons. The molecule has 2 nitrogen and oxygen atoms in total. The number of carbonyl (C=O) groups excluding carboxylic acids is 1. The van der Waals surface area contributed by atoms with E-state index in [0.717, 1.165) is 15.9 Å². The number of hydrogen-bond donors (Lipinski definition) is 1. The van der Waals surface area contributed by atoms with E-state index in [9.17, 15) is 18.0 Å². The van der Waals surface area contributed by atoms with Crippen LogP contribution in [0.2, 0.25) is 0 Å². The fourth-order valence-electron chi connectivity index (χ4n) is 1.52. The highest BCUT2D eigenvalue weighted by Gasteiger charge is 2.31. The van der Waals surface area contributed by atoms with Gasteiger partial charge in [0.25, 0.3) is 5.91 Å². The first-order valence-electron chi connectivity index (χ1n) is 5.31. The van der Waals surface area contributed by atoms with Crippen LogP contribution in [0, 0.1) is 0 Å². The Kier molecular flexibility index (Phi) is 5.17. The number of halogens is 6. The Bertz CT molecular complexity index is 700. The Morgan fingerprint density at radius 2 is 1.76 bits per heavy atom. The first-order chi connectivity index (χ1) is 9.66. The fraction of sp³-hybridized carbons (Fsp3) is 0.0833. The van der Waals surface area contributed by atoms with Gasteiger partial charge in [0.2, 0.25) is 0 Å². The van der Waals surface area contributed by atoms with Crippen molar-refractivity contribution in [3.63, 3.8) is 0 Å².